The zero-order valence-corrected chi connectivity index (χ0v) is 8.66. The van der Waals surface area contributed by atoms with E-state index in [4.69, 9.17) is 0 Å². The molecule has 3 heteroatoms. The van der Waals surface area contributed by atoms with E-state index in [1.54, 1.807) is 18.3 Å². The molecule has 1 aromatic rings. The number of carbonyl (C=O) groups excluding carboxylic acids is 1. The molecule has 1 aromatic heterocycles. The number of nitrogens with zero attached hydrogens (tertiary/aromatic N) is 1. The maximum Gasteiger partial charge on any atom is 0.270 e. The zero-order chi connectivity index (χ0) is 10.4. The van der Waals surface area contributed by atoms with Crippen LogP contribution in [-0.2, 0) is 0 Å². The van der Waals surface area contributed by atoms with Gasteiger partial charge in [0.1, 0.15) is 5.69 Å². The van der Waals surface area contributed by atoms with Crippen LogP contribution in [0.3, 0.4) is 0 Å². The lowest BCUT2D eigenvalue weighted by Gasteiger charge is -2.11. The fourth-order valence-electron chi connectivity index (χ4n) is 1.30. The van der Waals surface area contributed by atoms with Crippen LogP contribution in [0.1, 0.15) is 37.2 Å². The number of carbonyl (C=O) groups is 1. The zero-order valence-electron chi connectivity index (χ0n) is 8.66. The van der Waals surface area contributed by atoms with Crippen molar-refractivity contribution in [3.8, 4) is 0 Å². The molecule has 0 radical (unpaired) electrons. The molecule has 0 saturated heterocycles. The van der Waals surface area contributed by atoms with Gasteiger partial charge in [-0.25, -0.2) is 0 Å². The molecule has 1 unspecified atom stereocenters. The summed E-state index contributed by atoms with van der Waals surface area (Å²) in [6.45, 7) is 4.10. The average Bonchev–Trinajstić information content (AvgIpc) is 2.19. The number of hydrogen-bond donors (Lipinski definition) is 1. The van der Waals surface area contributed by atoms with Gasteiger partial charge >= 0.3 is 0 Å². The van der Waals surface area contributed by atoms with Gasteiger partial charge in [0.15, 0.2) is 0 Å². The first-order chi connectivity index (χ1) is 6.74. The van der Waals surface area contributed by atoms with Crippen LogP contribution in [0.25, 0.3) is 0 Å². The quantitative estimate of drug-likeness (QED) is 0.792. The molecule has 14 heavy (non-hydrogen) atoms. The van der Waals surface area contributed by atoms with E-state index in [2.05, 4.69) is 17.2 Å². The van der Waals surface area contributed by atoms with Crippen LogP contribution in [0.5, 0.6) is 0 Å². The maximum atomic E-state index is 11.6. The topological polar surface area (TPSA) is 42.0 Å². The Morgan fingerprint density at radius 3 is 2.93 bits per heavy atom. The summed E-state index contributed by atoms with van der Waals surface area (Å²) >= 11 is 0. The van der Waals surface area contributed by atoms with Crippen LogP contribution in [0, 0.1) is 0 Å². The Morgan fingerprint density at radius 2 is 2.36 bits per heavy atom. The van der Waals surface area contributed by atoms with Gasteiger partial charge in [-0.1, -0.05) is 19.4 Å². The number of rotatable bonds is 4. The molecule has 1 rings (SSSR count). The second kappa shape index (κ2) is 5.37. The molecule has 0 aliphatic carbocycles. The monoisotopic (exact) mass is 192 g/mol. The van der Waals surface area contributed by atoms with Crippen molar-refractivity contribution in [2.45, 2.75) is 32.7 Å². The SMILES string of the molecule is CCCC(C)NC(=O)c1ccccn1. The number of hydrogen-bond acceptors (Lipinski definition) is 2. The molecule has 1 atom stereocenters. The molecular formula is C11H16N2O. The van der Waals surface area contributed by atoms with E-state index in [9.17, 15) is 4.79 Å². The minimum Gasteiger partial charge on any atom is -0.348 e. The summed E-state index contributed by atoms with van der Waals surface area (Å²) in [5.74, 6) is -0.0912. The summed E-state index contributed by atoms with van der Waals surface area (Å²) in [5.41, 5.74) is 0.482. The van der Waals surface area contributed by atoms with Gasteiger partial charge in [0.05, 0.1) is 0 Å². The van der Waals surface area contributed by atoms with Crippen LogP contribution in [0.15, 0.2) is 24.4 Å². The highest BCUT2D eigenvalue weighted by molar-refractivity contribution is 5.92. The molecule has 0 spiro atoms. The van der Waals surface area contributed by atoms with Crippen LogP contribution in [0.4, 0.5) is 0 Å². The highest BCUT2D eigenvalue weighted by Crippen LogP contribution is 1.98. The van der Waals surface area contributed by atoms with Crippen molar-refractivity contribution in [2.75, 3.05) is 0 Å². The van der Waals surface area contributed by atoms with Crippen LogP contribution < -0.4 is 5.32 Å². The van der Waals surface area contributed by atoms with E-state index >= 15 is 0 Å². The van der Waals surface area contributed by atoms with Crippen molar-refractivity contribution >= 4 is 5.91 Å². The second-order valence-electron chi connectivity index (χ2n) is 3.38. The standard InChI is InChI=1S/C11H16N2O/c1-3-6-9(2)13-11(14)10-7-4-5-8-12-10/h4-5,7-9H,3,6H2,1-2H3,(H,13,14). The molecule has 3 nitrogen and oxygen atoms in total. The maximum absolute atomic E-state index is 11.6. The van der Waals surface area contributed by atoms with Crippen molar-refractivity contribution in [3.05, 3.63) is 30.1 Å². The third kappa shape index (κ3) is 3.17. The summed E-state index contributed by atoms with van der Waals surface area (Å²) in [4.78, 5) is 15.5. The van der Waals surface area contributed by atoms with Crippen molar-refractivity contribution in [1.82, 2.24) is 10.3 Å². The molecule has 0 saturated carbocycles. The Kier molecular flexibility index (Phi) is 4.11. The minimum atomic E-state index is -0.0912. The van der Waals surface area contributed by atoms with Crippen molar-refractivity contribution < 1.29 is 4.79 Å². The molecule has 0 fully saturated rings. The van der Waals surface area contributed by atoms with E-state index < -0.39 is 0 Å². The number of pyridine rings is 1. The Labute approximate surface area is 84.6 Å². The van der Waals surface area contributed by atoms with Crippen molar-refractivity contribution in [3.63, 3.8) is 0 Å². The van der Waals surface area contributed by atoms with Gasteiger partial charge in [-0.15, -0.1) is 0 Å². The average molecular weight is 192 g/mol. The molecule has 0 aromatic carbocycles. The van der Waals surface area contributed by atoms with Crippen LogP contribution in [-0.4, -0.2) is 16.9 Å². The fourth-order valence-corrected chi connectivity index (χ4v) is 1.30. The first-order valence-corrected chi connectivity index (χ1v) is 4.96. The third-order valence-electron chi connectivity index (χ3n) is 2.00. The lowest BCUT2D eigenvalue weighted by atomic mass is 10.2. The largest absolute Gasteiger partial charge is 0.348 e. The van der Waals surface area contributed by atoms with Crippen LogP contribution >= 0.6 is 0 Å². The number of aromatic nitrogens is 1. The Morgan fingerprint density at radius 1 is 1.57 bits per heavy atom. The Bertz CT molecular complexity index is 285. The predicted octanol–water partition coefficient (Wildman–Crippen LogP) is 2.00. The van der Waals surface area contributed by atoms with E-state index in [-0.39, 0.29) is 11.9 Å². The molecule has 0 aliphatic heterocycles. The van der Waals surface area contributed by atoms with Crippen LogP contribution in [0.2, 0.25) is 0 Å². The molecule has 1 heterocycles. The minimum absolute atomic E-state index is 0.0912. The first-order valence-electron chi connectivity index (χ1n) is 4.96. The third-order valence-corrected chi connectivity index (χ3v) is 2.00. The second-order valence-corrected chi connectivity index (χ2v) is 3.38. The molecule has 76 valence electrons. The van der Waals surface area contributed by atoms with Gasteiger partial charge < -0.3 is 5.32 Å². The Balaban J connectivity index is 2.51. The molecule has 1 N–H and O–H groups in total. The van der Waals surface area contributed by atoms with E-state index in [1.165, 1.54) is 0 Å². The van der Waals surface area contributed by atoms with Gasteiger partial charge in [0, 0.05) is 12.2 Å². The number of amides is 1. The van der Waals surface area contributed by atoms with Gasteiger partial charge in [-0.05, 0) is 25.5 Å². The summed E-state index contributed by atoms with van der Waals surface area (Å²) < 4.78 is 0. The summed E-state index contributed by atoms with van der Waals surface area (Å²) in [6.07, 6.45) is 3.70. The molecule has 0 aliphatic rings. The number of nitrogens with one attached hydrogen (secondary N) is 1. The van der Waals surface area contributed by atoms with Gasteiger partial charge in [-0.3, -0.25) is 9.78 Å². The first kappa shape index (κ1) is 10.7. The van der Waals surface area contributed by atoms with E-state index in [0.29, 0.717) is 5.69 Å². The molecular weight excluding hydrogens is 176 g/mol. The van der Waals surface area contributed by atoms with E-state index in [0.717, 1.165) is 12.8 Å². The Hall–Kier alpha value is -1.38. The predicted molar refractivity (Wildman–Crippen MR) is 56.1 cm³/mol. The van der Waals surface area contributed by atoms with Gasteiger partial charge in [-0.2, -0.15) is 0 Å². The lowest BCUT2D eigenvalue weighted by molar-refractivity contribution is 0.0933. The summed E-state index contributed by atoms with van der Waals surface area (Å²) in [7, 11) is 0. The highest BCUT2D eigenvalue weighted by Gasteiger charge is 2.08. The fraction of sp³-hybridized carbons (Fsp3) is 0.455. The van der Waals surface area contributed by atoms with Gasteiger partial charge in [0.2, 0.25) is 0 Å². The van der Waals surface area contributed by atoms with E-state index in [1.807, 2.05) is 13.0 Å². The molecule has 1 amide bonds. The normalized spacial score (nSPS) is 12.1. The highest BCUT2D eigenvalue weighted by atomic mass is 16.1. The lowest BCUT2D eigenvalue weighted by Crippen LogP contribution is -2.32. The smallest absolute Gasteiger partial charge is 0.270 e. The van der Waals surface area contributed by atoms with Crippen molar-refractivity contribution in [1.29, 1.82) is 0 Å². The molecule has 0 bridgehead atoms. The summed E-state index contributed by atoms with van der Waals surface area (Å²) in [6, 6.07) is 5.54. The van der Waals surface area contributed by atoms with Crippen molar-refractivity contribution in [2.24, 2.45) is 0 Å². The summed E-state index contributed by atoms with van der Waals surface area (Å²) in [5, 5.41) is 2.90. The van der Waals surface area contributed by atoms with Gasteiger partial charge in [0.25, 0.3) is 5.91 Å².